The largest absolute Gasteiger partial charge is 0.314 e. The quantitative estimate of drug-likeness (QED) is 0.466. The van der Waals surface area contributed by atoms with Crippen LogP contribution in [0, 0.1) is 0 Å². The van der Waals surface area contributed by atoms with E-state index in [2.05, 4.69) is 0 Å². The number of quaternary nitrogens is 2. The van der Waals surface area contributed by atoms with Crippen LogP contribution in [0.25, 0.3) is 0 Å². The van der Waals surface area contributed by atoms with E-state index < -0.39 is 0 Å². The summed E-state index contributed by atoms with van der Waals surface area (Å²) in [6.07, 6.45) is 12.9. The van der Waals surface area contributed by atoms with Crippen LogP contribution in [0.2, 0.25) is 0 Å². The molecule has 0 unspecified atom stereocenters. The van der Waals surface area contributed by atoms with Crippen molar-refractivity contribution in [3.63, 3.8) is 0 Å². The highest BCUT2D eigenvalue weighted by molar-refractivity contribution is 6.03. The molecule has 0 aromatic heterocycles. The van der Waals surface area contributed by atoms with Crippen LogP contribution in [0.4, 0.5) is 0 Å². The Hall–Kier alpha value is -1.45. The van der Waals surface area contributed by atoms with E-state index in [1.54, 1.807) is 12.2 Å². The Morgan fingerprint density at radius 2 is 1.41 bits per heavy atom. The van der Waals surface area contributed by atoms with Crippen molar-refractivity contribution >= 4 is 5.78 Å². The van der Waals surface area contributed by atoms with Gasteiger partial charge in [-0.1, -0.05) is 12.2 Å². The lowest BCUT2D eigenvalue weighted by Crippen LogP contribution is -3.00. The summed E-state index contributed by atoms with van der Waals surface area (Å²) in [4.78, 5) is 14.1. The molecular formula is C14H24N2O+2. The van der Waals surface area contributed by atoms with Gasteiger partial charge in [-0.25, -0.2) is 0 Å². The maximum absolute atomic E-state index is 11.6. The molecule has 0 aromatic rings. The van der Waals surface area contributed by atoms with Gasteiger partial charge in [0.1, 0.15) is 0 Å². The van der Waals surface area contributed by atoms with Crippen LogP contribution >= 0.6 is 0 Å². The molecule has 0 aliphatic heterocycles. The molecule has 0 saturated heterocycles. The molecule has 0 atom stereocenters. The molecule has 0 rings (SSSR count). The predicted octanol–water partition coefficient (Wildman–Crippen LogP) is -0.626. The normalized spacial score (nSPS) is 13.9. The minimum atomic E-state index is 0.0433. The van der Waals surface area contributed by atoms with Crippen LogP contribution in [0.1, 0.15) is 6.92 Å². The number of rotatable bonds is 6. The van der Waals surface area contributed by atoms with Crippen molar-refractivity contribution in [2.75, 3.05) is 28.2 Å². The molecular weight excluding hydrogens is 212 g/mol. The molecule has 0 heterocycles. The van der Waals surface area contributed by atoms with E-state index in [-0.39, 0.29) is 5.78 Å². The summed E-state index contributed by atoms with van der Waals surface area (Å²) in [5.74, 6) is 0.0433. The lowest BCUT2D eigenvalue weighted by molar-refractivity contribution is -0.801. The summed E-state index contributed by atoms with van der Waals surface area (Å²) in [6, 6.07) is 0. The Kier molecular flexibility index (Phi) is 7.93. The number of nitrogens with one attached hydrogen (secondary N) is 2. The molecule has 0 spiro atoms. The van der Waals surface area contributed by atoms with E-state index in [0.29, 0.717) is 0 Å². The molecule has 0 fully saturated rings. The smallest absolute Gasteiger partial charge is 0.181 e. The van der Waals surface area contributed by atoms with E-state index in [1.807, 2.05) is 65.7 Å². The van der Waals surface area contributed by atoms with Gasteiger partial charge >= 0.3 is 0 Å². The molecule has 0 aromatic carbocycles. The van der Waals surface area contributed by atoms with Crippen LogP contribution in [0.15, 0.2) is 48.4 Å². The fourth-order valence-corrected chi connectivity index (χ4v) is 0.989. The molecule has 3 heteroatoms. The van der Waals surface area contributed by atoms with Gasteiger partial charge in [-0.2, -0.15) is 0 Å². The number of ketones is 1. The minimum Gasteiger partial charge on any atom is -0.314 e. The van der Waals surface area contributed by atoms with Gasteiger partial charge in [-0.15, -0.1) is 0 Å². The van der Waals surface area contributed by atoms with Gasteiger partial charge in [0.25, 0.3) is 0 Å². The summed E-state index contributed by atoms with van der Waals surface area (Å²) < 4.78 is 0. The van der Waals surface area contributed by atoms with Gasteiger partial charge in [0.2, 0.25) is 0 Å². The third-order valence-electron chi connectivity index (χ3n) is 1.95. The molecule has 0 aliphatic rings. The van der Waals surface area contributed by atoms with Crippen molar-refractivity contribution in [3.05, 3.63) is 48.4 Å². The number of allylic oxidation sites excluding steroid dienone is 6. The molecule has 0 bridgehead atoms. The third kappa shape index (κ3) is 9.48. The second-order valence-corrected chi connectivity index (χ2v) is 4.45. The number of hydrogen-bond donors (Lipinski definition) is 2. The summed E-state index contributed by atoms with van der Waals surface area (Å²) in [5.41, 5.74) is 0.740. The Morgan fingerprint density at radius 1 is 0.882 bits per heavy atom. The topological polar surface area (TPSA) is 26.0 Å². The van der Waals surface area contributed by atoms with E-state index in [1.165, 1.54) is 9.80 Å². The SMILES string of the molecule is CC(=CC=C[NH+](C)C)C(=O)/C=C/C=C/[NH+](C)C. The first-order valence-corrected chi connectivity index (χ1v) is 5.78. The van der Waals surface area contributed by atoms with Crippen molar-refractivity contribution in [2.24, 2.45) is 0 Å². The molecule has 0 amide bonds. The highest BCUT2D eigenvalue weighted by atomic mass is 16.1. The fraction of sp³-hybridized carbons (Fsp3) is 0.357. The lowest BCUT2D eigenvalue weighted by atomic mass is 10.1. The van der Waals surface area contributed by atoms with Gasteiger partial charge in [0.15, 0.2) is 5.78 Å². The van der Waals surface area contributed by atoms with E-state index >= 15 is 0 Å². The second-order valence-electron chi connectivity index (χ2n) is 4.45. The first-order chi connectivity index (χ1) is 7.93. The van der Waals surface area contributed by atoms with Crippen LogP contribution in [0.3, 0.4) is 0 Å². The maximum Gasteiger partial charge on any atom is 0.181 e. The Bertz CT molecular complexity index is 347. The van der Waals surface area contributed by atoms with Gasteiger partial charge in [0, 0.05) is 0 Å². The molecule has 0 radical (unpaired) electrons. The lowest BCUT2D eigenvalue weighted by Gasteiger charge is -1.96. The zero-order valence-electron chi connectivity index (χ0n) is 11.4. The third-order valence-corrected chi connectivity index (χ3v) is 1.95. The van der Waals surface area contributed by atoms with Crippen LogP contribution in [-0.4, -0.2) is 34.0 Å². The zero-order chi connectivity index (χ0) is 13.3. The molecule has 0 aliphatic carbocycles. The molecule has 3 nitrogen and oxygen atoms in total. The molecule has 0 saturated carbocycles. The standard InChI is InChI=1S/C14H22N2O/c1-13(9-8-12-16(4)5)14(17)10-6-7-11-15(2)3/h6-12H,1-5H3/p+2/b10-6+,11-7+,12-8?,13-9?. The summed E-state index contributed by atoms with van der Waals surface area (Å²) >= 11 is 0. The molecule has 17 heavy (non-hydrogen) atoms. The van der Waals surface area contributed by atoms with Crippen molar-refractivity contribution in [1.82, 2.24) is 0 Å². The zero-order valence-corrected chi connectivity index (χ0v) is 11.4. The minimum absolute atomic E-state index is 0.0433. The first-order valence-electron chi connectivity index (χ1n) is 5.78. The van der Waals surface area contributed by atoms with Crippen molar-refractivity contribution in [3.8, 4) is 0 Å². The van der Waals surface area contributed by atoms with Gasteiger partial charge in [-0.3, -0.25) is 4.79 Å². The van der Waals surface area contributed by atoms with Gasteiger partial charge in [-0.05, 0) is 30.7 Å². The monoisotopic (exact) mass is 236 g/mol. The predicted molar refractivity (Wildman–Crippen MR) is 71.8 cm³/mol. The average molecular weight is 236 g/mol. The number of carbonyl (C=O) groups is 1. The van der Waals surface area contributed by atoms with Gasteiger partial charge in [0.05, 0.1) is 40.6 Å². The van der Waals surface area contributed by atoms with Crippen LogP contribution in [-0.2, 0) is 4.79 Å². The average Bonchev–Trinajstić information content (AvgIpc) is 2.23. The first kappa shape index (κ1) is 15.6. The van der Waals surface area contributed by atoms with Crippen LogP contribution in [0.5, 0.6) is 0 Å². The molecule has 94 valence electrons. The van der Waals surface area contributed by atoms with Crippen LogP contribution < -0.4 is 9.80 Å². The van der Waals surface area contributed by atoms with E-state index in [4.69, 9.17) is 0 Å². The van der Waals surface area contributed by atoms with Crippen molar-refractivity contribution in [1.29, 1.82) is 0 Å². The summed E-state index contributed by atoms with van der Waals surface area (Å²) in [7, 11) is 8.09. The molecule has 2 N–H and O–H groups in total. The fourth-order valence-electron chi connectivity index (χ4n) is 0.989. The highest BCUT2D eigenvalue weighted by Crippen LogP contribution is 1.96. The number of hydrogen-bond acceptors (Lipinski definition) is 1. The Labute approximate surface area is 104 Å². The van der Waals surface area contributed by atoms with Gasteiger partial charge < -0.3 is 9.80 Å². The maximum atomic E-state index is 11.6. The van der Waals surface area contributed by atoms with Crippen molar-refractivity contribution < 1.29 is 14.6 Å². The van der Waals surface area contributed by atoms with E-state index in [9.17, 15) is 4.79 Å². The summed E-state index contributed by atoms with van der Waals surface area (Å²) in [5, 5.41) is 0. The highest BCUT2D eigenvalue weighted by Gasteiger charge is 1.96. The van der Waals surface area contributed by atoms with E-state index in [0.717, 1.165) is 5.57 Å². The Morgan fingerprint density at radius 3 is 1.94 bits per heavy atom. The number of carbonyl (C=O) groups excluding carboxylic acids is 1. The van der Waals surface area contributed by atoms with Crippen molar-refractivity contribution in [2.45, 2.75) is 6.92 Å². The summed E-state index contributed by atoms with van der Waals surface area (Å²) in [6.45, 7) is 1.82. The Balaban J connectivity index is 4.32. The second kappa shape index (κ2) is 8.67.